The molecule has 2 rings (SSSR count). The molecule has 1 amide bonds. The highest BCUT2D eigenvalue weighted by atomic mass is 16.5. The van der Waals surface area contributed by atoms with E-state index in [4.69, 9.17) is 9.84 Å². The minimum absolute atomic E-state index is 0.0792. The Balaban J connectivity index is 1.88. The first-order valence-electron chi connectivity index (χ1n) is 8.46. The van der Waals surface area contributed by atoms with Gasteiger partial charge in [-0.25, -0.2) is 4.79 Å². The predicted octanol–water partition coefficient (Wildman–Crippen LogP) is 3.46. The first-order chi connectivity index (χ1) is 11.6. The van der Waals surface area contributed by atoms with Gasteiger partial charge in [0.25, 0.3) is 0 Å². The van der Waals surface area contributed by atoms with Crippen LogP contribution in [0.25, 0.3) is 0 Å². The molecule has 0 fully saturated rings. The molecule has 1 aromatic carbocycles. The number of ether oxygens (including phenoxy) is 1. The van der Waals surface area contributed by atoms with Crippen molar-refractivity contribution in [3.05, 3.63) is 42.0 Å². The van der Waals surface area contributed by atoms with Gasteiger partial charge in [-0.1, -0.05) is 24.3 Å². The number of nitrogens with one attached hydrogen (secondary N) is 1. The zero-order chi connectivity index (χ0) is 17.4. The van der Waals surface area contributed by atoms with Crippen LogP contribution in [0.3, 0.4) is 0 Å². The van der Waals surface area contributed by atoms with E-state index in [0.717, 1.165) is 37.7 Å². The van der Waals surface area contributed by atoms with Gasteiger partial charge in [-0.2, -0.15) is 0 Å². The summed E-state index contributed by atoms with van der Waals surface area (Å²) in [5.41, 5.74) is 0.969. The summed E-state index contributed by atoms with van der Waals surface area (Å²) < 4.78 is 5.11. The lowest BCUT2D eigenvalue weighted by Gasteiger charge is -2.21. The van der Waals surface area contributed by atoms with Gasteiger partial charge in [-0.3, -0.25) is 4.79 Å². The molecule has 24 heavy (non-hydrogen) atoms. The Bertz CT molecular complexity index is 580. The Morgan fingerprint density at radius 2 is 1.92 bits per heavy atom. The third-order valence-electron chi connectivity index (χ3n) is 4.24. The molecule has 0 saturated heterocycles. The fourth-order valence-corrected chi connectivity index (χ4v) is 2.83. The molecule has 1 aliphatic carbocycles. The second-order valence-corrected chi connectivity index (χ2v) is 6.16. The number of amides is 1. The van der Waals surface area contributed by atoms with Crippen molar-refractivity contribution in [2.75, 3.05) is 6.61 Å². The zero-order valence-corrected chi connectivity index (χ0v) is 14.0. The summed E-state index contributed by atoms with van der Waals surface area (Å²) in [7, 11) is 0. The molecular formula is C19H25NO4. The number of rotatable bonds is 6. The first kappa shape index (κ1) is 18.0. The fraction of sp³-hybridized carbons (Fsp3) is 0.474. The van der Waals surface area contributed by atoms with Crippen LogP contribution in [0.5, 0.6) is 5.75 Å². The summed E-state index contributed by atoms with van der Waals surface area (Å²) in [5, 5.41) is 11.7. The van der Waals surface area contributed by atoms with E-state index < -0.39 is 5.97 Å². The van der Waals surface area contributed by atoms with Crippen LogP contribution in [0.4, 0.5) is 0 Å². The number of allylic oxidation sites excluding steroid dienone is 2. The van der Waals surface area contributed by atoms with Gasteiger partial charge in [0.05, 0.1) is 6.04 Å². The Labute approximate surface area is 142 Å². The number of carbonyl (C=O) groups excluding carboxylic acids is 1. The fourth-order valence-electron chi connectivity index (χ4n) is 2.83. The van der Waals surface area contributed by atoms with Crippen molar-refractivity contribution in [2.45, 2.75) is 45.1 Å². The number of hydrogen-bond donors (Lipinski definition) is 2. The van der Waals surface area contributed by atoms with Gasteiger partial charge in [-0.05, 0) is 56.7 Å². The topological polar surface area (TPSA) is 75.6 Å². The maximum absolute atomic E-state index is 12.5. The Morgan fingerprint density at radius 1 is 1.21 bits per heavy atom. The van der Waals surface area contributed by atoms with E-state index in [1.165, 1.54) is 0 Å². The van der Waals surface area contributed by atoms with Gasteiger partial charge in [0.15, 0.2) is 6.61 Å². The summed E-state index contributed by atoms with van der Waals surface area (Å²) in [6.45, 7) is 1.59. The van der Waals surface area contributed by atoms with E-state index >= 15 is 0 Å². The van der Waals surface area contributed by atoms with Crippen LogP contribution in [0.15, 0.2) is 36.4 Å². The Hall–Kier alpha value is -2.30. The molecule has 0 aliphatic heterocycles. The van der Waals surface area contributed by atoms with Crippen LogP contribution in [0.2, 0.25) is 0 Å². The van der Waals surface area contributed by atoms with Gasteiger partial charge < -0.3 is 15.2 Å². The van der Waals surface area contributed by atoms with E-state index in [2.05, 4.69) is 17.5 Å². The Morgan fingerprint density at radius 3 is 2.62 bits per heavy atom. The van der Waals surface area contributed by atoms with Crippen molar-refractivity contribution < 1.29 is 19.4 Å². The lowest BCUT2D eigenvalue weighted by Crippen LogP contribution is -2.33. The minimum atomic E-state index is -1.01. The summed E-state index contributed by atoms with van der Waals surface area (Å²) >= 11 is 0. The average Bonchev–Trinajstić information content (AvgIpc) is 2.52. The molecule has 5 heteroatoms. The second kappa shape index (κ2) is 9.11. The van der Waals surface area contributed by atoms with E-state index in [-0.39, 0.29) is 24.5 Å². The number of carboxylic acids is 1. The van der Waals surface area contributed by atoms with Crippen molar-refractivity contribution in [1.29, 1.82) is 0 Å². The summed E-state index contributed by atoms with van der Waals surface area (Å²) in [6, 6.07) is 7.06. The van der Waals surface area contributed by atoms with Crippen LogP contribution in [-0.4, -0.2) is 23.6 Å². The smallest absolute Gasteiger partial charge is 0.341 e. The minimum Gasteiger partial charge on any atom is -0.482 e. The SMILES string of the molecule is CC(NC(=O)C1CC/C=C\CCC1)c1ccc(OCC(=O)O)cc1. The van der Waals surface area contributed by atoms with Gasteiger partial charge in [0, 0.05) is 5.92 Å². The molecule has 2 unspecified atom stereocenters. The van der Waals surface area contributed by atoms with Crippen LogP contribution in [0, 0.1) is 5.92 Å². The van der Waals surface area contributed by atoms with Gasteiger partial charge in [-0.15, -0.1) is 0 Å². The van der Waals surface area contributed by atoms with Crippen molar-refractivity contribution in [2.24, 2.45) is 5.92 Å². The lowest BCUT2D eigenvalue weighted by atomic mass is 9.93. The number of hydrogen-bond acceptors (Lipinski definition) is 3. The average molecular weight is 331 g/mol. The standard InChI is InChI=1S/C19H25NO4/c1-14(15-9-11-17(12-10-15)24-13-18(21)22)20-19(23)16-7-5-3-2-4-6-8-16/h2-3,9-12,14,16H,4-8,13H2,1H3,(H,20,23)(H,21,22)/b3-2-. The normalized spacial score (nSPS) is 20.3. The molecule has 130 valence electrons. The summed E-state index contributed by atoms with van der Waals surface area (Å²) in [4.78, 5) is 23.0. The van der Waals surface area contributed by atoms with Crippen LogP contribution >= 0.6 is 0 Å². The number of aliphatic carboxylic acids is 1. The second-order valence-electron chi connectivity index (χ2n) is 6.16. The molecule has 0 saturated carbocycles. The lowest BCUT2D eigenvalue weighted by molar-refractivity contribution is -0.139. The first-order valence-corrected chi connectivity index (χ1v) is 8.46. The maximum atomic E-state index is 12.5. The third kappa shape index (κ3) is 5.72. The quantitative estimate of drug-likeness (QED) is 0.783. The molecule has 5 nitrogen and oxygen atoms in total. The number of carbonyl (C=O) groups is 2. The molecule has 1 aromatic rings. The number of carboxylic acid groups (broad SMARTS) is 1. The Kier molecular flexibility index (Phi) is 6.85. The molecule has 0 spiro atoms. The van der Waals surface area contributed by atoms with Crippen molar-refractivity contribution in [3.8, 4) is 5.75 Å². The monoisotopic (exact) mass is 331 g/mol. The van der Waals surface area contributed by atoms with Crippen LogP contribution in [0.1, 0.15) is 50.6 Å². The van der Waals surface area contributed by atoms with E-state index in [0.29, 0.717) is 5.75 Å². The van der Waals surface area contributed by atoms with Crippen LogP contribution in [-0.2, 0) is 9.59 Å². The van der Waals surface area contributed by atoms with Gasteiger partial charge in [0.1, 0.15) is 5.75 Å². The molecule has 0 heterocycles. The van der Waals surface area contributed by atoms with E-state index in [9.17, 15) is 9.59 Å². The molecule has 2 atom stereocenters. The third-order valence-corrected chi connectivity index (χ3v) is 4.24. The maximum Gasteiger partial charge on any atom is 0.341 e. The highest BCUT2D eigenvalue weighted by Crippen LogP contribution is 2.22. The summed E-state index contributed by atoms with van der Waals surface area (Å²) in [6.07, 6.45) is 9.27. The molecule has 0 aromatic heterocycles. The molecular weight excluding hydrogens is 306 g/mol. The summed E-state index contributed by atoms with van der Waals surface area (Å²) in [5.74, 6) is -0.306. The molecule has 0 radical (unpaired) electrons. The predicted molar refractivity (Wildman–Crippen MR) is 91.8 cm³/mol. The molecule has 2 N–H and O–H groups in total. The highest BCUT2D eigenvalue weighted by Gasteiger charge is 2.20. The van der Waals surface area contributed by atoms with Gasteiger partial charge in [0.2, 0.25) is 5.91 Å². The van der Waals surface area contributed by atoms with Crippen molar-refractivity contribution in [1.82, 2.24) is 5.32 Å². The largest absolute Gasteiger partial charge is 0.482 e. The molecule has 1 aliphatic rings. The molecule has 0 bridgehead atoms. The van der Waals surface area contributed by atoms with Gasteiger partial charge >= 0.3 is 5.97 Å². The van der Waals surface area contributed by atoms with Crippen LogP contribution < -0.4 is 10.1 Å². The van der Waals surface area contributed by atoms with Crippen molar-refractivity contribution in [3.63, 3.8) is 0 Å². The highest BCUT2D eigenvalue weighted by molar-refractivity contribution is 5.79. The van der Waals surface area contributed by atoms with Crippen molar-refractivity contribution >= 4 is 11.9 Å². The van der Waals surface area contributed by atoms with E-state index in [1.807, 2.05) is 19.1 Å². The number of benzene rings is 1. The zero-order valence-electron chi connectivity index (χ0n) is 14.0. The van der Waals surface area contributed by atoms with E-state index in [1.54, 1.807) is 12.1 Å².